The molecular formula is C43H83O9P. The van der Waals surface area contributed by atoms with Gasteiger partial charge in [-0.25, -0.2) is 4.57 Å². The quantitative estimate of drug-likeness (QED) is 0.0240. The predicted molar refractivity (Wildman–Crippen MR) is 219 cm³/mol. The monoisotopic (exact) mass is 775 g/mol. The van der Waals surface area contributed by atoms with E-state index in [0.29, 0.717) is 13.0 Å². The fourth-order valence-electron chi connectivity index (χ4n) is 6.02. The van der Waals surface area contributed by atoms with E-state index in [-0.39, 0.29) is 19.6 Å². The molecule has 0 aromatic carbocycles. The highest BCUT2D eigenvalue weighted by Crippen LogP contribution is 2.43. The van der Waals surface area contributed by atoms with Crippen LogP contribution in [-0.2, 0) is 27.9 Å². The molecule has 9 nitrogen and oxygen atoms in total. The average Bonchev–Trinajstić information content (AvgIpc) is 3.15. The van der Waals surface area contributed by atoms with Gasteiger partial charge in [0.25, 0.3) is 0 Å². The molecule has 1 unspecified atom stereocenters. The smallest absolute Gasteiger partial charge is 0.457 e. The Morgan fingerprint density at radius 1 is 0.585 bits per heavy atom. The lowest BCUT2D eigenvalue weighted by atomic mass is 10.0. The van der Waals surface area contributed by atoms with E-state index in [0.717, 1.165) is 57.8 Å². The van der Waals surface area contributed by atoms with Gasteiger partial charge in [0.1, 0.15) is 12.2 Å². The van der Waals surface area contributed by atoms with Crippen molar-refractivity contribution < 1.29 is 43.0 Å². The zero-order valence-electron chi connectivity index (χ0n) is 34.2. The first kappa shape index (κ1) is 51.9. The molecule has 0 bridgehead atoms. The van der Waals surface area contributed by atoms with Crippen molar-refractivity contribution in [3.05, 3.63) is 24.3 Å². The molecular weight excluding hydrogens is 691 g/mol. The highest BCUT2D eigenvalue weighted by molar-refractivity contribution is 7.47. The normalized spacial score (nSPS) is 14.3. The summed E-state index contributed by atoms with van der Waals surface area (Å²) in [7, 11) is -4.52. The van der Waals surface area contributed by atoms with Gasteiger partial charge in [-0.1, -0.05) is 179 Å². The minimum Gasteiger partial charge on any atom is -0.457 e. The van der Waals surface area contributed by atoms with E-state index in [2.05, 4.69) is 38.2 Å². The van der Waals surface area contributed by atoms with Crippen LogP contribution in [0.3, 0.4) is 0 Å². The molecule has 0 radical (unpaired) electrons. The van der Waals surface area contributed by atoms with E-state index in [1.807, 2.05) is 0 Å². The molecule has 3 N–H and O–H groups in total. The molecule has 0 saturated heterocycles. The lowest BCUT2D eigenvalue weighted by Gasteiger charge is -2.20. The molecule has 10 heteroatoms. The lowest BCUT2D eigenvalue weighted by molar-refractivity contribution is -0.154. The number of esters is 1. The summed E-state index contributed by atoms with van der Waals surface area (Å²) in [6, 6.07) is 0. The molecule has 314 valence electrons. The number of aliphatic hydroxyl groups excluding tert-OH is 2. The summed E-state index contributed by atoms with van der Waals surface area (Å²) in [4.78, 5) is 22.5. The first-order valence-corrected chi connectivity index (χ1v) is 23.3. The highest BCUT2D eigenvalue weighted by atomic mass is 31.2. The number of carbonyl (C=O) groups excluding carboxylic acids is 1. The summed E-state index contributed by atoms with van der Waals surface area (Å²) in [5.74, 6) is -0.394. The second-order valence-electron chi connectivity index (χ2n) is 14.7. The summed E-state index contributed by atoms with van der Waals surface area (Å²) in [5, 5.41) is 18.3. The fraction of sp³-hybridized carbons (Fsp3) is 0.884. The minimum absolute atomic E-state index is 0.0476. The largest absolute Gasteiger partial charge is 0.472 e. The minimum atomic E-state index is -4.52. The van der Waals surface area contributed by atoms with Crippen molar-refractivity contribution in [3.8, 4) is 0 Å². The van der Waals surface area contributed by atoms with Gasteiger partial charge in [0, 0.05) is 13.0 Å². The van der Waals surface area contributed by atoms with Crippen LogP contribution in [0.5, 0.6) is 0 Å². The van der Waals surface area contributed by atoms with Gasteiger partial charge in [0.15, 0.2) is 0 Å². The first-order valence-electron chi connectivity index (χ1n) is 21.8. The molecule has 0 saturated carbocycles. The highest BCUT2D eigenvalue weighted by Gasteiger charge is 2.26. The van der Waals surface area contributed by atoms with E-state index in [1.165, 1.54) is 116 Å². The van der Waals surface area contributed by atoms with E-state index in [1.54, 1.807) is 0 Å². The number of phosphoric acid groups is 1. The predicted octanol–water partition coefficient (Wildman–Crippen LogP) is 11.9. The standard InChI is InChI=1S/C43H83O9P/c1-3-5-7-9-11-13-15-17-19-20-21-22-24-26-28-30-32-34-36-49-39-42(40-51-53(47,48)50-38-41(45)37-44)52-43(46)35-33-31-29-27-25-23-18-16-14-12-10-8-6-4-2/h10,12,16,18,41-42,44-45H,3-9,11,13-15,17,19-40H2,1-2H3,(H,47,48)/b12-10-,18-16-/t41-,42+/m0/s1. The maximum absolute atomic E-state index is 12.6. The summed E-state index contributed by atoms with van der Waals surface area (Å²) in [5.41, 5.74) is 0. The Kier molecular flexibility index (Phi) is 39.8. The zero-order chi connectivity index (χ0) is 38.9. The maximum Gasteiger partial charge on any atom is 0.472 e. The number of phosphoric ester groups is 1. The number of aliphatic hydroxyl groups is 2. The van der Waals surface area contributed by atoms with Gasteiger partial charge in [-0.3, -0.25) is 13.8 Å². The van der Waals surface area contributed by atoms with Crippen LogP contribution in [0.2, 0.25) is 0 Å². The zero-order valence-corrected chi connectivity index (χ0v) is 35.1. The Bertz CT molecular complexity index is 882. The number of ether oxygens (including phenoxy) is 2. The van der Waals surface area contributed by atoms with E-state index < -0.39 is 39.2 Å². The molecule has 0 aromatic rings. The van der Waals surface area contributed by atoms with Gasteiger partial charge in [0.2, 0.25) is 0 Å². The molecule has 0 fully saturated rings. The van der Waals surface area contributed by atoms with Gasteiger partial charge in [-0.2, -0.15) is 0 Å². The van der Waals surface area contributed by atoms with Crippen molar-refractivity contribution in [2.75, 3.05) is 33.0 Å². The van der Waals surface area contributed by atoms with Crippen molar-refractivity contribution >= 4 is 13.8 Å². The summed E-state index contributed by atoms with van der Waals surface area (Å²) in [6.45, 7) is 3.49. The number of carbonyl (C=O) groups is 1. The van der Waals surface area contributed by atoms with Crippen LogP contribution >= 0.6 is 7.82 Å². The Morgan fingerprint density at radius 2 is 1.04 bits per heavy atom. The third-order valence-electron chi connectivity index (χ3n) is 9.39. The summed E-state index contributed by atoms with van der Waals surface area (Å²) < 4.78 is 33.3. The van der Waals surface area contributed by atoms with Crippen molar-refractivity contribution in [1.82, 2.24) is 0 Å². The number of hydrogen-bond donors (Lipinski definition) is 3. The van der Waals surface area contributed by atoms with Crippen LogP contribution in [0.1, 0.15) is 200 Å². The van der Waals surface area contributed by atoms with Crippen LogP contribution in [-0.4, -0.2) is 66.3 Å². The molecule has 0 aromatic heterocycles. The molecule has 0 heterocycles. The first-order chi connectivity index (χ1) is 25.8. The average molecular weight is 775 g/mol. The topological polar surface area (TPSA) is 132 Å². The molecule has 53 heavy (non-hydrogen) atoms. The van der Waals surface area contributed by atoms with Crippen molar-refractivity contribution in [2.45, 2.75) is 212 Å². The Labute approximate surface area is 325 Å². The molecule has 3 atom stereocenters. The number of hydrogen-bond acceptors (Lipinski definition) is 8. The Hall–Kier alpha value is -1.06. The van der Waals surface area contributed by atoms with Crippen molar-refractivity contribution in [2.24, 2.45) is 0 Å². The van der Waals surface area contributed by atoms with Crippen molar-refractivity contribution in [1.29, 1.82) is 0 Å². The fourth-order valence-corrected chi connectivity index (χ4v) is 6.81. The van der Waals surface area contributed by atoms with Gasteiger partial charge >= 0.3 is 13.8 Å². The van der Waals surface area contributed by atoms with Crippen LogP contribution < -0.4 is 0 Å². The lowest BCUT2D eigenvalue weighted by Crippen LogP contribution is -2.29. The van der Waals surface area contributed by atoms with Crippen LogP contribution in [0, 0.1) is 0 Å². The molecule has 0 rings (SSSR count). The Morgan fingerprint density at radius 3 is 1.57 bits per heavy atom. The van der Waals surface area contributed by atoms with Crippen LogP contribution in [0.25, 0.3) is 0 Å². The second kappa shape index (κ2) is 40.6. The van der Waals surface area contributed by atoms with Crippen LogP contribution in [0.4, 0.5) is 0 Å². The van der Waals surface area contributed by atoms with Crippen molar-refractivity contribution in [3.63, 3.8) is 0 Å². The van der Waals surface area contributed by atoms with Gasteiger partial charge in [0.05, 0.1) is 26.4 Å². The second-order valence-corrected chi connectivity index (χ2v) is 16.2. The molecule has 0 spiro atoms. The van der Waals surface area contributed by atoms with E-state index in [9.17, 15) is 19.4 Å². The molecule has 0 aliphatic carbocycles. The molecule has 0 aliphatic rings. The number of unbranched alkanes of at least 4 members (excludes halogenated alkanes) is 24. The van der Waals surface area contributed by atoms with Gasteiger partial charge in [-0.05, 0) is 38.5 Å². The summed E-state index contributed by atoms with van der Waals surface area (Å²) in [6.07, 6.45) is 41.3. The van der Waals surface area contributed by atoms with Gasteiger partial charge < -0.3 is 24.6 Å². The molecule has 0 amide bonds. The summed E-state index contributed by atoms with van der Waals surface area (Å²) >= 11 is 0. The van der Waals surface area contributed by atoms with Gasteiger partial charge in [-0.15, -0.1) is 0 Å². The maximum atomic E-state index is 12.6. The van der Waals surface area contributed by atoms with E-state index >= 15 is 0 Å². The Balaban J connectivity index is 4.14. The molecule has 0 aliphatic heterocycles. The number of rotatable bonds is 42. The van der Waals surface area contributed by atoms with E-state index in [4.69, 9.17) is 23.6 Å². The SMILES string of the molecule is CCCC/C=C\C/C=C\CCCCCCCC(=O)O[C@H](COCCCCCCCCCCCCCCCCCCCC)COP(=O)(O)OC[C@@H](O)CO. The number of allylic oxidation sites excluding steroid dienone is 4. The third-order valence-corrected chi connectivity index (χ3v) is 10.3. The third kappa shape index (κ3) is 40.4. The van der Waals surface area contributed by atoms with Crippen LogP contribution in [0.15, 0.2) is 24.3 Å².